The molecule has 1 aliphatic heterocycles. The average Bonchev–Trinajstić information content (AvgIpc) is 2.82. The highest BCUT2D eigenvalue weighted by Gasteiger charge is 2.40. The van der Waals surface area contributed by atoms with Crippen molar-refractivity contribution >= 4 is 11.9 Å². The van der Waals surface area contributed by atoms with Crippen LogP contribution < -0.4 is 10.2 Å². The van der Waals surface area contributed by atoms with Gasteiger partial charge in [-0.2, -0.15) is 5.26 Å². The van der Waals surface area contributed by atoms with E-state index in [4.69, 9.17) is 5.26 Å². The molecule has 0 saturated carbocycles. The Morgan fingerprint density at radius 3 is 3.11 bits per heavy atom. The van der Waals surface area contributed by atoms with Crippen molar-refractivity contribution < 1.29 is 4.79 Å². The van der Waals surface area contributed by atoms with E-state index in [9.17, 15) is 4.79 Å². The monoisotopic (exact) mass is 245 g/mol. The summed E-state index contributed by atoms with van der Waals surface area (Å²) in [5.41, 5.74) is -0.0747. The maximum atomic E-state index is 11.8. The second-order valence-corrected chi connectivity index (χ2v) is 4.67. The van der Waals surface area contributed by atoms with Crippen molar-refractivity contribution in [2.75, 3.05) is 25.0 Å². The Kier molecular flexibility index (Phi) is 3.15. The fraction of sp³-hybridized carbons (Fsp3) is 0.500. The topological polar surface area (TPSA) is 81.9 Å². The molecule has 1 N–H and O–H groups in total. The van der Waals surface area contributed by atoms with Crippen LogP contribution in [0, 0.1) is 16.7 Å². The van der Waals surface area contributed by atoms with E-state index in [1.165, 1.54) is 0 Å². The summed E-state index contributed by atoms with van der Waals surface area (Å²) in [6, 6.07) is 3.56. The Morgan fingerprint density at radius 2 is 2.44 bits per heavy atom. The Labute approximate surface area is 106 Å². The third-order valence-corrected chi connectivity index (χ3v) is 3.29. The third-order valence-electron chi connectivity index (χ3n) is 3.29. The maximum absolute atomic E-state index is 11.8. The number of hydrogen-bond acceptors (Lipinski definition) is 5. The molecule has 0 bridgehead atoms. The molecule has 0 spiro atoms. The van der Waals surface area contributed by atoms with Crippen LogP contribution in [0.25, 0.3) is 0 Å². The predicted octanol–water partition coefficient (Wildman–Crippen LogP) is 0.311. The van der Waals surface area contributed by atoms with E-state index in [0.717, 1.165) is 13.0 Å². The largest absolute Gasteiger partial charge is 0.359 e. The highest BCUT2D eigenvalue weighted by Crippen LogP contribution is 2.31. The number of nitrogens with one attached hydrogen (secondary N) is 1. The van der Waals surface area contributed by atoms with Crippen molar-refractivity contribution in [1.82, 2.24) is 15.3 Å². The predicted molar refractivity (Wildman–Crippen MR) is 65.8 cm³/mol. The van der Waals surface area contributed by atoms with Crippen LogP contribution in [0.15, 0.2) is 12.3 Å². The lowest BCUT2D eigenvalue weighted by atomic mass is 9.89. The van der Waals surface area contributed by atoms with Crippen LogP contribution in [0.5, 0.6) is 0 Å². The van der Waals surface area contributed by atoms with Gasteiger partial charge in [0.25, 0.3) is 0 Å². The van der Waals surface area contributed by atoms with Gasteiger partial charge in [-0.15, -0.1) is 0 Å². The molecule has 1 saturated heterocycles. The molecule has 1 aromatic heterocycles. The minimum absolute atomic E-state index is 0.0291. The van der Waals surface area contributed by atoms with E-state index in [-0.39, 0.29) is 5.91 Å². The molecule has 2 rings (SSSR count). The summed E-state index contributed by atoms with van der Waals surface area (Å²) in [5.74, 6) is 0.545. The molecule has 6 heteroatoms. The molecule has 2 heterocycles. The standard InChI is InChI=1S/C12H15N5O/c1-12(10(18)14-2)4-6-17(8-12)11-15-5-3-9(7-13)16-11/h3,5H,4,6,8H2,1-2H3,(H,14,18). The summed E-state index contributed by atoms with van der Waals surface area (Å²) in [6.07, 6.45) is 2.32. The molecule has 1 aromatic rings. The van der Waals surface area contributed by atoms with Gasteiger partial charge in [-0.1, -0.05) is 0 Å². The summed E-state index contributed by atoms with van der Waals surface area (Å²) >= 11 is 0. The highest BCUT2D eigenvalue weighted by atomic mass is 16.2. The number of nitriles is 1. The van der Waals surface area contributed by atoms with Gasteiger partial charge in [-0.25, -0.2) is 9.97 Å². The lowest BCUT2D eigenvalue weighted by Gasteiger charge is -2.22. The minimum atomic E-state index is -0.416. The molecule has 6 nitrogen and oxygen atoms in total. The molecule has 1 amide bonds. The molecule has 1 atom stereocenters. The lowest BCUT2D eigenvalue weighted by Crippen LogP contribution is -2.39. The van der Waals surface area contributed by atoms with Gasteiger partial charge in [0.1, 0.15) is 11.8 Å². The number of hydrogen-bond donors (Lipinski definition) is 1. The maximum Gasteiger partial charge on any atom is 0.227 e. The number of anilines is 1. The van der Waals surface area contributed by atoms with Crippen LogP contribution in [0.4, 0.5) is 5.95 Å². The van der Waals surface area contributed by atoms with Crippen molar-refractivity contribution in [3.8, 4) is 6.07 Å². The number of carbonyl (C=O) groups excluding carboxylic acids is 1. The zero-order valence-electron chi connectivity index (χ0n) is 10.5. The Balaban J connectivity index is 2.18. The van der Waals surface area contributed by atoms with Crippen LogP contribution >= 0.6 is 0 Å². The molecule has 94 valence electrons. The van der Waals surface area contributed by atoms with Gasteiger partial charge >= 0.3 is 0 Å². The number of rotatable bonds is 2. The third kappa shape index (κ3) is 2.12. The SMILES string of the molecule is CNC(=O)C1(C)CCN(c2nccc(C#N)n2)C1. The van der Waals surface area contributed by atoms with Crippen molar-refractivity contribution in [3.63, 3.8) is 0 Å². The molecule has 0 radical (unpaired) electrons. The van der Waals surface area contributed by atoms with E-state index in [1.54, 1.807) is 19.3 Å². The van der Waals surface area contributed by atoms with Crippen molar-refractivity contribution in [2.45, 2.75) is 13.3 Å². The molecule has 0 aliphatic carbocycles. The van der Waals surface area contributed by atoms with E-state index >= 15 is 0 Å². The molecule has 1 fully saturated rings. The van der Waals surface area contributed by atoms with E-state index in [1.807, 2.05) is 17.9 Å². The Hall–Kier alpha value is -2.16. The van der Waals surface area contributed by atoms with Gasteiger partial charge in [0.05, 0.1) is 5.41 Å². The van der Waals surface area contributed by atoms with Crippen LogP contribution in [0.3, 0.4) is 0 Å². The summed E-state index contributed by atoms with van der Waals surface area (Å²) in [7, 11) is 1.64. The number of carbonyl (C=O) groups is 1. The number of aromatic nitrogens is 2. The van der Waals surface area contributed by atoms with Crippen molar-refractivity contribution in [3.05, 3.63) is 18.0 Å². The van der Waals surface area contributed by atoms with Gasteiger partial charge in [0.2, 0.25) is 11.9 Å². The van der Waals surface area contributed by atoms with Crippen LogP contribution in [-0.4, -0.2) is 36.0 Å². The van der Waals surface area contributed by atoms with Gasteiger partial charge in [-0.3, -0.25) is 4.79 Å². The smallest absolute Gasteiger partial charge is 0.227 e. The van der Waals surface area contributed by atoms with Gasteiger partial charge in [-0.05, 0) is 19.4 Å². The summed E-state index contributed by atoms with van der Waals surface area (Å²) in [5, 5.41) is 11.5. The summed E-state index contributed by atoms with van der Waals surface area (Å²) in [6.45, 7) is 3.22. The number of nitrogens with zero attached hydrogens (tertiary/aromatic N) is 4. The molecular weight excluding hydrogens is 230 g/mol. The second kappa shape index (κ2) is 4.61. The number of amides is 1. The fourth-order valence-corrected chi connectivity index (χ4v) is 2.18. The molecule has 1 unspecified atom stereocenters. The first-order valence-electron chi connectivity index (χ1n) is 5.79. The van der Waals surface area contributed by atoms with Crippen molar-refractivity contribution in [2.24, 2.45) is 5.41 Å². The molecule has 1 aliphatic rings. The quantitative estimate of drug-likeness (QED) is 0.811. The van der Waals surface area contributed by atoms with Gasteiger partial charge in [0.15, 0.2) is 0 Å². The molecule has 0 aromatic carbocycles. The highest BCUT2D eigenvalue weighted by molar-refractivity contribution is 5.83. The van der Waals surface area contributed by atoms with Crippen molar-refractivity contribution in [1.29, 1.82) is 5.26 Å². The van der Waals surface area contributed by atoms with Crippen LogP contribution in [0.2, 0.25) is 0 Å². The zero-order chi connectivity index (χ0) is 13.2. The molecule has 18 heavy (non-hydrogen) atoms. The van der Waals surface area contributed by atoms with Gasteiger partial charge in [0, 0.05) is 26.3 Å². The second-order valence-electron chi connectivity index (χ2n) is 4.67. The van der Waals surface area contributed by atoms with E-state index in [0.29, 0.717) is 18.2 Å². The fourth-order valence-electron chi connectivity index (χ4n) is 2.18. The van der Waals surface area contributed by atoms with E-state index in [2.05, 4.69) is 15.3 Å². The first-order valence-corrected chi connectivity index (χ1v) is 5.79. The normalized spacial score (nSPS) is 22.6. The average molecular weight is 245 g/mol. The Bertz CT molecular complexity index is 509. The molecular formula is C12H15N5O. The van der Waals surface area contributed by atoms with Gasteiger partial charge < -0.3 is 10.2 Å². The van der Waals surface area contributed by atoms with E-state index < -0.39 is 5.41 Å². The van der Waals surface area contributed by atoms with Crippen LogP contribution in [0.1, 0.15) is 19.0 Å². The van der Waals surface area contributed by atoms with Crippen LogP contribution in [-0.2, 0) is 4.79 Å². The lowest BCUT2D eigenvalue weighted by molar-refractivity contribution is -0.128. The first kappa shape index (κ1) is 12.3. The zero-order valence-corrected chi connectivity index (χ0v) is 10.5. The summed E-state index contributed by atoms with van der Waals surface area (Å²) in [4.78, 5) is 22.0. The summed E-state index contributed by atoms with van der Waals surface area (Å²) < 4.78 is 0. The first-order chi connectivity index (χ1) is 8.59. The minimum Gasteiger partial charge on any atom is -0.359 e. The Morgan fingerprint density at radius 1 is 1.67 bits per heavy atom.